The van der Waals surface area contributed by atoms with Gasteiger partial charge in [-0.25, -0.2) is 0 Å². The van der Waals surface area contributed by atoms with Crippen molar-refractivity contribution in [1.82, 2.24) is 9.78 Å². The van der Waals surface area contributed by atoms with Crippen LogP contribution in [0.2, 0.25) is 0 Å². The van der Waals surface area contributed by atoms with E-state index in [0.717, 1.165) is 11.8 Å². The number of halogens is 1. The third kappa shape index (κ3) is 3.69. The molecule has 0 spiro atoms. The molecule has 1 atom stereocenters. The second-order valence-electron chi connectivity index (χ2n) is 5.35. The summed E-state index contributed by atoms with van der Waals surface area (Å²) in [5, 5.41) is 5.60. The summed E-state index contributed by atoms with van der Waals surface area (Å²) in [7, 11) is 0. The van der Waals surface area contributed by atoms with Crippen LogP contribution >= 0.6 is 15.9 Å². The minimum Gasteiger partial charge on any atom is -0.270 e. The average molecular weight is 321 g/mol. The molecule has 0 aliphatic heterocycles. The number of aromatic nitrogens is 2. The maximum absolute atomic E-state index is 4.64. The maximum atomic E-state index is 4.64. The predicted molar refractivity (Wildman–Crippen MR) is 84.0 cm³/mol. The van der Waals surface area contributed by atoms with E-state index >= 15 is 0 Å². The fraction of sp³-hybridized carbons (Fsp3) is 0.438. The zero-order valence-electron chi connectivity index (χ0n) is 11.8. The van der Waals surface area contributed by atoms with E-state index in [1.807, 2.05) is 4.68 Å². The molecule has 2 rings (SSSR count). The Labute approximate surface area is 124 Å². The van der Waals surface area contributed by atoms with E-state index in [-0.39, 0.29) is 0 Å². The summed E-state index contributed by atoms with van der Waals surface area (Å²) in [6.07, 6.45) is 3.05. The van der Waals surface area contributed by atoms with E-state index in [1.54, 1.807) is 0 Å². The van der Waals surface area contributed by atoms with E-state index in [1.165, 1.54) is 16.8 Å². The predicted octanol–water partition coefficient (Wildman–Crippen LogP) is 4.49. The minimum atomic E-state index is 0.426. The molecule has 0 radical (unpaired) electrons. The molecule has 0 saturated carbocycles. The standard InChI is InChI=1S/C16H21BrN2/c1-12(2)19-9-8-16(18-19)10-15(11-17)14-6-4-13(3)5-7-14/h4-9,12,15H,10-11H2,1-3H3. The lowest BCUT2D eigenvalue weighted by Crippen LogP contribution is -2.07. The Bertz CT molecular complexity index is 514. The van der Waals surface area contributed by atoms with Crippen LogP contribution in [0.3, 0.4) is 0 Å². The minimum absolute atomic E-state index is 0.426. The Morgan fingerprint density at radius 2 is 1.84 bits per heavy atom. The highest BCUT2D eigenvalue weighted by atomic mass is 79.9. The Morgan fingerprint density at radius 1 is 1.16 bits per heavy atom. The summed E-state index contributed by atoms with van der Waals surface area (Å²) >= 11 is 3.63. The van der Waals surface area contributed by atoms with E-state index < -0.39 is 0 Å². The van der Waals surface area contributed by atoms with Gasteiger partial charge in [0.1, 0.15) is 0 Å². The molecular weight excluding hydrogens is 300 g/mol. The van der Waals surface area contributed by atoms with Crippen molar-refractivity contribution in [2.24, 2.45) is 0 Å². The highest BCUT2D eigenvalue weighted by Crippen LogP contribution is 2.23. The Morgan fingerprint density at radius 3 is 2.37 bits per heavy atom. The van der Waals surface area contributed by atoms with Gasteiger partial charge in [-0.3, -0.25) is 4.68 Å². The number of aryl methyl sites for hydroxylation is 1. The molecule has 0 amide bonds. The molecule has 2 aromatic rings. The van der Waals surface area contributed by atoms with Gasteiger partial charge < -0.3 is 0 Å². The van der Waals surface area contributed by atoms with Gasteiger partial charge in [0.15, 0.2) is 0 Å². The number of rotatable bonds is 5. The zero-order chi connectivity index (χ0) is 13.8. The van der Waals surface area contributed by atoms with Crippen LogP contribution in [0, 0.1) is 6.92 Å². The van der Waals surface area contributed by atoms with E-state index in [4.69, 9.17) is 0 Å². The van der Waals surface area contributed by atoms with E-state index in [9.17, 15) is 0 Å². The lowest BCUT2D eigenvalue weighted by molar-refractivity contribution is 0.524. The Kier molecular flexibility index (Phi) is 4.81. The van der Waals surface area contributed by atoms with Crippen molar-refractivity contribution >= 4 is 15.9 Å². The van der Waals surface area contributed by atoms with Gasteiger partial charge in [-0.05, 0) is 44.7 Å². The average Bonchev–Trinajstić information content (AvgIpc) is 2.86. The molecule has 19 heavy (non-hydrogen) atoms. The van der Waals surface area contributed by atoms with Crippen LogP contribution in [0.1, 0.15) is 42.6 Å². The van der Waals surface area contributed by atoms with Crippen LogP contribution in [0.25, 0.3) is 0 Å². The molecule has 0 aliphatic rings. The lowest BCUT2D eigenvalue weighted by atomic mass is 9.95. The molecule has 1 aromatic heterocycles. The number of alkyl halides is 1. The maximum Gasteiger partial charge on any atom is 0.0631 e. The highest BCUT2D eigenvalue weighted by Gasteiger charge is 2.13. The quantitative estimate of drug-likeness (QED) is 0.742. The molecular formula is C16H21BrN2. The lowest BCUT2D eigenvalue weighted by Gasteiger charge is -2.13. The molecule has 0 aliphatic carbocycles. The van der Waals surface area contributed by atoms with Crippen LogP contribution in [-0.4, -0.2) is 15.1 Å². The van der Waals surface area contributed by atoms with Gasteiger partial charge in [0.2, 0.25) is 0 Å². The summed E-state index contributed by atoms with van der Waals surface area (Å²) in [6, 6.07) is 11.4. The summed E-state index contributed by atoms with van der Waals surface area (Å²) in [5.74, 6) is 0.483. The normalized spacial score (nSPS) is 12.9. The molecule has 0 saturated heterocycles. The first-order valence-electron chi connectivity index (χ1n) is 6.76. The van der Waals surface area contributed by atoms with Crippen molar-refractivity contribution in [2.45, 2.75) is 39.2 Å². The van der Waals surface area contributed by atoms with Crippen molar-refractivity contribution in [3.63, 3.8) is 0 Å². The highest BCUT2D eigenvalue weighted by molar-refractivity contribution is 9.09. The topological polar surface area (TPSA) is 17.8 Å². The Hall–Kier alpha value is -1.09. The van der Waals surface area contributed by atoms with Gasteiger partial charge in [-0.2, -0.15) is 5.10 Å². The summed E-state index contributed by atoms with van der Waals surface area (Å²) in [6.45, 7) is 6.43. The fourth-order valence-corrected chi connectivity index (χ4v) is 2.73. The molecule has 0 bridgehead atoms. The molecule has 1 unspecified atom stereocenters. The summed E-state index contributed by atoms with van der Waals surface area (Å²) in [5.41, 5.74) is 3.85. The number of hydrogen-bond acceptors (Lipinski definition) is 1. The first-order chi connectivity index (χ1) is 9.10. The third-order valence-electron chi connectivity index (χ3n) is 3.38. The molecule has 102 valence electrons. The van der Waals surface area contributed by atoms with Crippen molar-refractivity contribution in [1.29, 1.82) is 0 Å². The fourth-order valence-electron chi connectivity index (χ4n) is 2.13. The number of benzene rings is 1. The van der Waals surface area contributed by atoms with Crippen molar-refractivity contribution in [2.75, 3.05) is 5.33 Å². The van der Waals surface area contributed by atoms with Crippen molar-refractivity contribution < 1.29 is 0 Å². The van der Waals surface area contributed by atoms with Gasteiger partial charge in [0, 0.05) is 17.6 Å². The molecule has 1 heterocycles. The van der Waals surface area contributed by atoms with Crippen molar-refractivity contribution in [3.8, 4) is 0 Å². The van der Waals surface area contributed by atoms with Crippen LogP contribution in [-0.2, 0) is 6.42 Å². The van der Waals surface area contributed by atoms with Crippen LogP contribution in [0.4, 0.5) is 0 Å². The van der Waals surface area contributed by atoms with E-state index in [2.05, 4.69) is 78.3 Å². The number of hydrogen-bond donors (Lipinski definition) is 0. The zero-order valence-corrected chi connectivity index (χ0v) is 13.4. The summed E-state index contributed by atoms with van der Waals surface area (Å²) < 4.78 is 2.02. The largest absolute Gasteiger partial charge is 0.270 e. The van der Waals surface area contributed by atoms with Gasteiger partial charge >= 0.3 is 0 Å². The molecule has 0 N–H and O–H groups in total. The molecule has 3 heteroatoms. The molecule has 2 nitrogen and oxygen atoms in total. The van der Waals surface area contributed by atoms with Gasteiger partial charge in [0.25, 0.3) is 0 Å². The number of nitrogens with zero attached hydrogens (tertiary/aromatic N) is 2. The second-order valence-corrected chi connectivity index (χ2v) is 5.99. The Balaban J connectivity index is 2.12. The van der Waals surface area contributed by atoms with Crippen molar-refractivity contribution in [3.05, 3.63) is 53.3 Å². The van der Waals surface area contributed by atoms with Crippen LogP contribution < -0.4 is 0 Å². The monoisotopic (exact) mass is 320 g/mol. The van der Waals surface area contributed by atoms with E-state index in [0.29, 0.717) is 12.0 Å². The third-order valence-corrected chi connectivity index (χ3v) is 4.16. The second kappa shape index (κ2) is 6.38. The molecule has 0 fully saturated rings. The first-order valence-corrected chi connectivity index (χ1v) is 7.89. The smallest absolute Gasteiger partial charge is 0.0631 e. The molecule has 1 aromatic carbocycles. The first kappa shape index (κ1) is 14.3. The summed E-state index contributed by atoms with van der Waals surface area (Å²) in [4.78, 5) is 0. The van der Waals surface area contributed by atoms with Crippen LogP contribution in [0.5, 0.6) is 0 Å². The SMILES string of the molecule is Cc1ccc(C(CBr)Cc2ccn(C(C)C)n2)cc1. The van der Waals surface area contributed by atoms with Gasteiger partial charge in [-0.15, -0.1) is 0 Å². The van der Waals surface area contributed by atoms with Gasteiger partial charge in [-0.1, -0.05) is 45.8 Å². The van der Waals surface area contributed by atoms with Crippen LogP contribution in [0.15, 0.2) is 36.5 Å². The van der Waals surface area contributed by atoms with Gasteiger partial charge in [0.05, 0.1) is 5.69 Å².